The van der Waals surface area contributed by atoms with E-state index in [9.17, 15) is 4.79 Å². The van der Waals surface area contributed by atoms with Crippen LogP contribution in [0.25, 0.3) is 0 Å². The van der Waals surface area contributed by atoms with Gasteiger partial charge in [-0.2, -0.15) is 0 Å². The SMILES string of the molecule is CCC(C)(C)c1ccc(N2CCNCC2)c(C(=O)OC)c1. The third-order valence-electron chi connectivity index (χ3n) is 4.52. The predicted octanol–water partition coefficient (Wildman–Crippen LogP) is 2.57. The molecule has 0 unspecified atom stereocenters. The van der Waals surface area contributed by atoms with E-state index in [2.05, 4.69) is 43.1 Å². The van der Waals surface area contributed by atoms with Gasteiger partial charge in [0.05, 0.1) is 18.4 Å². The Hall–Kier alpha value is -1.55. The maximum absolute atomic E-state index is 12.2. The van der Waals surface area contributed by atoms with Crippen molar-refractivity contribution in [1.29, 1.82) is 0 Å². The summed E-state index contributed by atoms with van der Waals surface area (Å²) in [4.78, 5) is 14.4. The molecule has 21 heavy (non-hydrogen) atoms. The highest BCUT2D eigenvalue weighted by Gasteiger charge is 2.24. The summed E-state index contributed by atoms with van der Waals surface area (Å²) in [5.74, 6) is -0.253. The zero-order valence-electron chi connectivity index (χ0n) is 13.5. The second-order valence-corrected chi connectivity index (χ2v) is 6.20. The molecule has 0 saturated carbocycles. The summed E-state index contributed by atoms with van der Waals surface area (Å²) in [6.07, 6.45) is 1.03. The van der Waals surface area contributed by atoms with Crippen LogP contribution in [0.5, 0.6) is 0 Å². The quantitative estimate of drug-likeness (QED) is 0.865. The molecule has 0 atom stereocenters. The Kier molecular flexibility index (Phi) is 4.88. The molecule has 116 valence electrons. The highest BCUT2D eigenvalue weighted by molar-refractivity contribution is 5.96. The number of anilines is 1. The zero-order chi connectivity index (χ0) is 15.5. The summed E-state index contributed by atoms with van der Waals surface area (Å²) >= 11 is 0. The summed E-state index contributed by atoms with van der Waals surface area (Å²) in [6, 6.07) is 6.23. The van der Waals surface area contributed by atoms with Gasteiger partial charge in [0.25, 0.3) is 0 Å². The Morgan fingerprint density at radius 2 is 2.00 bits per heavy atom. The fourth-order valence-electron chi connectivity index (χ4n) is 2.62. The van der Waals surface area contributed by atoms with Gasteiger partial charge in [-0.1, -0.05) is 26.8 Å². The van der Waals surface area contributed by atoms with Crippen LogP contribution in [0.1, 0.15) is 43.1 Å². The van der Waals surface area contributed by atoms with E-state index in [4.69, 9.17) is 4.74 Å². The van der Waals surface area contributed by atoms with Crippen molar-refractivity contribution < 1.29 is 9.53 Å². The van der Waals surface area contributed by atoms with Crippen LogP contribution >= 0.6 is 0 Å². The lowest BCUT2D eigenvalue weighted by Crippen LogP contribution is -2.44. The van der Waals surface area contributed by atoms with Crippen molar-refractivity contribution in [2.24, 2.45) is 0 Å². The number of esters is 1. The van der Waals surface area contributed by atoms with Crippen LogP contribution in [0, 0.1) is 0 Å². The molecule has 4 nitrogen and oxygen atoms in total. The van der Waals surface area contributed by atoms with Gasteiger partial charge in [-0.15, -0.1) is 0 Å². The summed E-state index contributed by atoms with van der Waals surface area (Å²) in [7, 11) is 1.45. The molecule has 0 spiro atoms. The normalized spacial score (nSPS) is 15.9. The molecule has 1 saturated heterocycles. The number of rotatable bonds is 4. The number of nitrogens with zero attached hydrogens (tertiary/aromatic N) is 1. The molecule has 1 N–H and O–H groups in total. The maximum atomic E-state index is 12.2. The molecule has 0 radical (unpaired) electrons. The van der Waals surface area contributed by atoms with Crippen molar-refractivity contribution in [2.45, 2.75) is 32.6 Å². The first-order valence-electron chi connectivity index (χ1n) is 7.68. The van der Waals surface area contributed by atoms with Crippen LogP contribution in [-0.2, 0) is 10.2 Å². The van der Waals surface area contributed by atoms with E-state index in [1.807, 2.05) is 6.07 Å². The number of piperazine rings is 1. The zero-order valence-corrected chi connectivity index (χ0v) is 13.5. The topological polar surface area (TPSA) is 41.6 Å². The highest BCUT2D eigenvalue weighted by atomic mass is 16.5. The smallest absolute Gasteiger partial charge is 0.339 e. The fraction of sp³-hybridized carbons (Fsp3) is 0.588. The number of hydrogen-bond donors (Lipinski definition) is 1. The largest absolute Gasteiger partial charge is 0.465 e. The van der Waals surface area contributed by atoms with E-state index in [1.165, 1.54) is 12.7 Å². The number of benzene rings is 1. The minimum absolute atomic E-state index is 0.0603. The lowest BCUT2D eigenvalue weighted by Gasteiger charge is -2.32. The van der Waals surface area contributed by atoms with Gasteiger partial charge in [0.15, 0.2) is 0 Å². The minimum Gasteiger partial charge on any atom is -0.465 e. The third kappa shape index (κ3) is 3.38. The van der Waals surface area contributed by atoms with Crippen molar-refractivity contribution in [2.75, 3.05) is 38.2 Å². The molecule has 0 amide bonds. The molecular formula is C17H26N2O2. The standard InChI is InChI=1S/C17H26N2O2/c1-5-17(2,3)13-6-7-15(14(12-13)16(20)21-4)19-10-8-18-9-11-19/h6-7,12,18H,5,8-11H2,1-4H3. The van der Waals surface area contributed by atoms with Crippen LogP contribution in [-0.4, -0.2) is 39.3 Å². The number of carbonyl (C=O) groups excluding carboxylic acids is 1. The second-order valence-electron chi connectivity index (χ2n) is 6.20. The first-order valence-corrected chi connectivity index (χ1v) is 7.68. The van der Waals surface area contributed by atoms with Gasteiger partial charge in [0, 0.05) is 26.2 Å². The van der Waals surface area contributed by atoms with Gasteiger partial charge < -0.3 is 15.0 Å². The van der Waals surface area contributed by atoms with Crippen LogP contribution < -0.4 is 10.2 Å². The first-order chi connectivity index (χ1) is 9.99. The van der Waals surface area contributed by atoms with Crippen LogP contribution in [0.15, 0.2) is 18.2 Å². The summed E-state index contributed by atoms with van der Waals surface area (Å²) in [5.41, 5.74) is 2.91. The molecule has 1 aromatic rings. The number of carbonyl (C=O) groups is 1. The van der Waals surface area contributed by atoms with E-state index in [0.717, 1.165) is 38.3 Å². The van der Waals surface area contributed by atoms with Gasteiger partial charge in [-0.25, -0.2) is 4.79 Å². The first kappa shape index (κ1) is 15.8. The molecule has 1 aromatic carbocycles. The Bertz CT molecular complexity index is 506. The van der Waals surface area contributed by atoms with Crippen LogP contribution in [0.4, 0.5) is 5.69 Å². The predicted molar refractivity (Wildman–Crippen MR) is 86.2 cm³/mol. The number of nitrogens with one attached hydrogen (secondary N) is 1. The molecule has 1 aliphatic rings. The lowest BCUT2D eigenvalue weighted by atomic mass is 9.81. The van der Waals surface area contributed by atoms with E-state index >= 15 is 0 Å². The van der Waals surface area contributed by atoms with Crippen LogP contribution in [0.2, 0.25) is 0 Å². The van der Waals surface area contributed by atoms with E-state index < -0.39 is 0 Å². The number of hydrogen-bond acceptors (Lipinski definition) is 4. The van der Waals surface area contributed by atoms with Crippen molar-refractivity contribution in [3.05, 3.63) is 29.3 Å². The van der Waals surface area contributed by atoms with E-state index in [1.54, 1.807) is 0 Å². The van der Waals surface area contributed by atoms with Crippen molar-refractivity contribution in [1.82, 2.24) is 5.32 Å². The summed E-state index contributed by atoms with van der Waals surface area (Å²) < 4.78 is 4.99. The molecule has 0 aliphatic carbocycles. The minimum atomic E-state index is -0.253. The van der Waals surface area contributed by atoms with E-state index in [-0.39, 0.29) is 11.4 Å². The fourth-order valence-corrected chi connectivity index (χ4v) is 2.62. The number of methoxy groups -OCH3 is 1. The van der Waals surface area contributed by atoms with Gasteiger partial charge in [-0.3, -0.25) is 0 Å². The van der Waals surface area contributed by atoms with Crippen LogP contribution in [0.3, 0.4) is 0 Å². The average Bonchev–Trinajstić information content (AvgIpc) is 2.54. The molecule has 0 bridgehead atoms. The van der Waals surface area contributed by atoms with Gasteiger partial charge in [-0.05, 0) is 29.5 Å². The molecule has 0 aromatic heterocycles. The van der Waals surface area contributed by atoms with Crippen molar-refractivity contribution >= 4 is 11.7 Å². The summed E-state index contributed by atoms with van der Waals surface area (Å²) in [5, 5.41) is 3.33. The van der Waals surface area contributed by atoms with Crippen molar-refractivity contribution in [3.63, 3.8) is 0 Å². The second kappa shape index (κ2) is 6.48. The van der Waals surface area contributed by atoms with Crippen molar-refractivity contribution in [3.8, 4) is 0 Å². The third-order valence-corrected chi connectivity index (χ3v) is 4.52. The Labute approximate surface area is 127 Å². The molecule has 4 heteroatoms. The Morgan fingerprint density at radius 3 is 2.57 bits per heavy atom. The Morgan fingerprint density at radius 1 is 1.33 bits per heavy atom. The summed E-state index contributed by atoms with van der Waals surface area (Å²) in [6.45, 7) is 10.3. The average molecular weight is 290 g/mol. The molecule has 1 aliphatic heterocycles. The molecule has 1 fully saturated rings. The van der Waals surface area contributed by atoms with E-state index in [0.29, 0.717) is 5.56 Å². The van der Waals surface area contributed by atoms with Gasteiger partial charge >= 0.3 is 5.97 Å². The lowest BCUT2D eigenvalue weighted by molar-refractivity contribution is 0.0601. The molecule has 2 rings (SSSR count). The van der Waals surface area contributed by atoms with Gasteiger partial charge in [0.2, 0.25) is 0 Å². The maximum Gasteiger partial charge on any atom is 0.339 e. The monoisotopic (exact) mass is 290 g/mol. The number of ether oxygens (including phenoxy) is 1. The van der Waals surface area contributed by atoms with Gasteiger partial charge in [0.1, 0.15) is 0 Å². The Balaban J connectivity index is 2.42. The molecule has 1 heterocycles. The highest BCUT2D eigenvalue weighted by Crippen LogP contribution is 2.31. The molecular weight excluding hydrogens is 264 g/mol.